The highest BCUT2D eigenvalue weighted by Crippen LogP contribution is 2.33. The van der Waals surface area contributed by atoms with E-state index >= 15 is 0 Å². The lowest BCUT2D eigenvalue weighted by molar-refractivity contribution is -0.0169. The Morgan fingerprint density at radius 2 is 2.07 bits per heavy atom. The fourth-order valence-corrected chi connectivity index (χ4v) is 4.02. The molecule has 0 bridgehead atoms. The van der Waals surface area contributed by atoms with Crippen molar-refractivity contribution in [1.29, 1.82) is 0 Å². The highest BCUT2D eigenvalue weighted by Gasteiger charge is 2.24. The van der Waals surface area contributed by atoms with E-state index in [0.717, 1.165) is 59.6 Å². The minimum absolute atomic E-state index is 0.103. The van der Waals surface area contributed by atoms with Crippen molar-refractivity contribution in [3.05, 3.63) is 57.6 Å². The SMILES string of the molecule is Cc1cccc(NCc2cc(Cl)cc3c2OCOC3)c1C(=O)N1CCCC1. The lowest BCUT2D eigenvalue weighted by Crippen LogP contribution is -2.29. The van der Waals surface area contributed by atoms with Crippen LogP contribution in [-0.2, 0) is 17.9 Å². The van der Waals surface area contributed by atoms with Crippen molar-refractivity contribution in [2.45, 2.75) is 32.9 Å². The van der Waals surface area contributed by atoms with Crippen LogP contribution in [0.1, 0.15) is 39.9 Å². The molecule has 142 valence electrons. The molecule has 27 heavy (non-hydrogen) atoms. The second-order valence-electron chi connectivity index (χ2n) is 7.01. The lowest BCUT2D eigenvalue weighted by Gasteiger charge is -2.23. The molecule has 0 radical (unpaired) electrons. The van der Waals surface area contributed by atoms with Gasteiger partial charge in [-0.15, -0.1) is 0 Å². The number of hydrogen-bond donors (Lipinski definition) is 1. The fraction of sp³-hybridized carbons (Fsp3) is 0.381. The van der Waals surface area contributed by atoms with Crippen molar-refractivity contribution in [1.82, 2.24) is 4.90 Å². The minimum atomic E-state index is 0.103. The summed E-state index contributed by atoms with van der Waals surface area (Å²) in [7, 11) is 0. The van der Waals surface area contributed by atoms with Crippen LogP contribution in [0.2, 0.25) is 5.02 Å². The van der Waals surface area contributed by atoms with Crippen LogP contribution in [0.5, 0.6) is 5.75 Å². The first-order valence-corrected chi connectivity index (χ1v) is 9.66. The molecule has 0 spiro atoms. The van der Waals surface area contributed by atoms with Crippen molar-refractivity contribution >= 4 is 23.2 Å². The van der Waals surface area contributed by atoms with E-state index in [1.807, 2.05) is 42.2 Å². The van der Waals surface area contributed by atoms with E-state index in [0.29, 0.717) is 18.2 Å². The van der Waals surface area contributed by atoms with Crippen LogP contribution in [0.3, 0.4) is 0 Å². The monoisotopic (exact) mass is 386 g/mol. The third-order valence-electron chi connectivity index (χ3n) is 5.10. The molecule has 0 aliphatic carbocycles. The predicted octanol–water partition coefficient (Wildman–Crippen LogP) is 4.36. The number of anilines is 1. The highest BCUT2D eigenvalue weighted by molar-refractivity contribution is 6.30. The number of ether oxygens (including phenoxy) is 2. The largest absolute Gasteiger partial charge is 0.467 e. The number of benzene rings is 2. The van der Waals surface area contributed by atoms with Gasteiger partial charge in [0.25, 0.3) is 5.91 Å². The Kier molecular flexibility index (Phi) is 5.23. The second kappa shape index (κ2) is 7.79. The standard InChI is InChI=1S/C21H23ClN2O3/c1-14-5-4-6-18(19(14)21(25)24-7-2-3-8-24)23-11-15-9-17(22)10-16-12-26-13-27-20(15)16/h4-6,9-10,23H,2-3,7-8,11-13H2,1H3. The van der Waals surface area contributed by atoms with Crippen molar-refractivity contribution in [3.8, 4) is 5.75 Å². The van der Waals surface area contributed by atoms with Gasteiger partial charge in [0, 0.05) is 41.5 Å². The summed E-state index contributed by atoms with van der Waals surface area (Å²) in [6.45, 7) is 4.91. The molecule has 0 aromatic heterocycles. The number of aryl methyl sites for hydroxylation is 1. The van der Waals surface area contributed by atoms with E-state index in [1.165, 1.54) is 0 Å². The van der Waals surface area contributed by atoms with Crippen molar-refractivity contribution < 1.29 is 14.3 Å². The summed E-state index contributed by atoms with van der Waals surface area (Å²) in [4.78, 5) is 15.0. The van der Waals surface area contributed by atoms with Crippen LogP contribution in [0.4, 0.5) is 5.69 Å². The molecule has 1 amide bonds. The van der Waals surface area contributed by atoms with Gasteiger partial charge >= 0.3 is 0 Å². The zero-order valence-electron chi connectivity index (χ0n) is 15.4. The van der Waals surface area contributed by atoms with Crippen LogP contribution in [-0.4, -0.2) is 30.7 Å². The maximum absolute atomic E-state index is 13.0. The predicted molar refractivity (Wildman–Crippen MR) is 105 cm³/mol. The Morgan fingerprint density at radius 1 is 1.26 bits per heavy atom. The first kappa shape index (κ1) is 18.1. The van der Waals surface area contributed by atoms with Gasteiger partial charge in [0.2, 0.25) is 0 Å². The molecule has 1 N–H and O–H groups in total. The molecule has 0 atom stereocenters. The Balaban J connectivity index is 1.60. The summed E-state index contributed by atoms with van der Waals surface area (Å²) < 4.78 is 11.0. The van der Waals surface area contributed by atoms with Crippen molar-refractivity contribution in [3.63, 3.8) is 0 Å². The molecule has 2 aliphatic rings. The maximum atomic E-state index is 13.0. The molecular weight excluding hydrogens is 364 g/mol. The Morgan fingerprint density at radius 3 is 2.89 bits per heavy atom. The molecule has 1 fully saturated rings. The molecule has 2 aromatic rings. The third kappa shape index (κ3) is 3.75. The number of nitrogens with one attached hydrogen (secondary N) is 1. The van der Waals surface area contributed by atoms with Gasteiger partial charge in [-0.2, -0.15) is 0 Å². The number of nitrogens with zero attached hydrogens (tertiary/aromatic N) is 1. The van der Waals surface area contributed by atoms with Gasteiger partial charge in [-0.25, -0.2) is 0 Å². The minimum Gasteiger partial charge on any atom is -0.467 e. The Hall–Kier alpha value is -2.24. The zero-order chi connectivity index (χ0) is 18.8. The van der Waals surface area contributed by atoms with Crippen molar-refractivity contribution in [2.24, 2.45) is 0 Å². The van der Waals surface area contributed by atoms with Gasteiger partial charge in [-0.05, 0) is 43.5 Å². The first-order chi connectivity index (χ1) is 13.1. The number of amides is 1. The van der Waals surface area contributed by atoms with E-state index in [2.05, 4.69) is 5.32 Å². The summed E-state index contributed by atoms with van der Waals surface area (Å²) in [6.07, 6.45) is 2.16. The van der Waals surface area contributed by atoms with Crippen LogP contribution >= 0.6 is 11.6 Å². The van der Waals surface area contributed by atoms with Gasteiger partial charge in [0.1, 0.15) is 5.75 Å². The average molecular weight is 387 g/mol. The second-order valence-corrected chi connectivity index (χ2v) is 7.45. The zero-order valence-corrected chi connectivity index (χ0v) is 16.1. The molecule has 2 aliphatic heterocycles. The fourth-order valence-electron chi connectivity index (χ4n) is 3.76. The summed E-state index contributed by atoms with van der Waals surface area (Å²) >= 11 is 6.26. The molecule has 5 nitrogen and oxygen atoms in total. The topological polar surface area (TPSA) is 50.8 Å². The number of carbonyl (C=O) groups is 1. The summed E-state index contributed by atoms with van der Waals surface area (Å²) in [6, 6.07) is 9.68. The number of likely N-dealkylation sites (tertiary alicyclic amines) is 1. The summed E-state index contributed by atoms with van der Waals surface area (Å²) in [5.74, 6) is 0.920. The van der Waals surface area contributed by atoms with Gasteiger partial charge in [-0.3, -0.25) is 4.79 Å². The van der Waals surface area contributed by atoms with Gasteiger partial charge < -0.3 is 19.7 Å². The smallest absolute Gasteiger partial charge is 0.256 e. The molecular formula is C21H23ClN2O3. The highest BCUT2D eigenvalue weighted by atomic mass is 35.5. The van der Waals surface area contributed by atoms with E-state index in [-0.39, 0.29) is 12.7 Å². The molecule has 6 heteroatoms. The van der Waals surface area contributed by atoms with Gasteiger partial charge in [-0.1, -0.05) is 23.7 Å². The van der Waals surface area contributed by atoms with E-state index in [4.69, 9.17) is 21.1 Å². The van der Waals surface area contributed by atoms with Crippen molar-refractivity contribution in [2.75, 3.05) is 25.2 Å². The molecule has 0 saturated carbocycles. The number of carbonyl (C=O) groups excluding carboxylic acids is 1. The Labute approximate surface area is 164 Å². The van der Waals surface area contributed by atoms with E-state index in [9.17, 15) is 4.79 Å². The van der Waals surface area contributed by atoms with Gasteiger partial charge in [0.15, 0.2) is 6.79 Å². The molecule has 2 aromatic carbocycles. The average Bonchev–Trinajstić information content (AvgIpc) is 3.20. The normalized spacial score (nSPS) is 16.0. The number of hydrogen-bond acceptors (Lipinski definition) is 4. The van der Waals surface area contributed by atoms with Crippen LogP contribution in [0.25, 0.3) is 0 Å². The van der Waals surface area contributed by atoms with Crippen LogP contribution in [0.15, 0.2) is 30.3 Å². The van der Waals surface area contributed by atoms with E-state index in [1.54, 1.807) is 0 Å². The number of halogens is 1. The molecule has 0 unspecified atom stereocenters. The van der Waals surface area contributed by atoms with Crippen LogP contribution in [0, 0.1) is 6.92 Å². The summed E-state index contributed by atoms with van der Waals surface area (Å²) in [5.41, 5.74) is 4.48. The van der Waals surface area contributed by atoms with E-state index < -0.39 is 0 Å². The quantitative estimate of drug-likeness (QED) is 0.848. The third-order valence-corrected chi connectivity index (χ3v) is 5.32. The molecule has 2 heterocycles. The number of rotatable bonds is 4. The lowest BCUT2D eigenvalue weighted by atomic mass is 10.0. The first-order valence-electron chi connectivity index (χ1n) is 9.28. The summed E-state index contributed by atoms with van der Waals surface area (Å²) in [5, 5.41) is 4.08. The molecule has 4 rings (SSSR count). The molecule has 1 saturated heterocycles. The maximum Gasteiger partial charge on any atom is 0.256 e. The number of fused-ring (bicyclic) bond motifs is 1. The Bertz CT molecular complexity index is 863. The van der Waals surface area contributed by atoms with Gasteiger partial charge in [0.05, 0.1) is 12.2 Å². The van der Waals surface area contributed by atoms with Crippen LogP contribution < -0.4 is 10.1 Å².